The average Bonchev–Trinajstić information content (AvgIpc) is 3.33. The van der Waals surface area contributed by atoms with Crippen LogP contribution in [0, 0.1) is 0 Å². The van der Waals surface area contributed by atoms with Gasteiger partial charge in [0.05, 0.1) is 33.8 Å². The van der Waals surface area contributed by atoms with E-state index in [0.717, 1.165) is 109 Å². The zero-order chi connectivity index (χ0) is 52.2. The molecule has 0 saturated carbocycles. The number of phosphoric ester groups is 1. The molecule has 2 N–H and O–H groups in total. The van der Waals surface area contributed by atoms with Crippen LogP contribution in [0.15, 0.2) is 72.9 Å². The van der Waals surface area contributed by atoms with Gasteiger partial charge in [0, 0.05) is 12.8 Å². The van der Waals surface area contributed by atoms with Gasteiger partial charge in [-0.25, -0.2) is 4.57 Å². The lowest BCUT2D eigenvalue weighted by atomic mass is 10.1. The van der Waals surface area contributed by atoms with Crippen LogP contribution in [0.4, 0.5) is 0 Å². The van der Waals surface area contributed by atoms with Crippen molar-refractivity contribution in [2.45, 2.75) is 264 Å². The number of nitrogens with one attached hydrogen (secondary N) is 1. The van der Waals surface area contributed by atoms with E-state index < -0.39 is 20.0 Å². The molecule has 3 atom stereocenters. The van der Waals surface area contributed by atoms with Gasteiger partial charge in [-0.05, 0) is 96.0 Å². The lowest BCUT2D eigenvalue weighted by Gasteiger charge is -2.27. The number of carbonyl (C=O) groups is 2. The minimum atomic E-state index is -4.45. The van der Waals surface area contributed by atoms with Crippen LogP contribution in [-0.2, 0) is 27.9 Å². The molecule has 1 amide bonds. The van der Waals surface area contributed by atoms with Gasteiger partial charge in [-0.15, -0.1) is 0 Å². The predicted octanol–water partition coefficient (Wildman–Crippen LogP) is 17.7. The summed E-state index contributed by atoms with van der Waals surface area (Å²) in [6.07, 6.45) is 64.6. The van der Waals surface area contributed by atoms with Crippen LogP contribution < -0.4 is 5.32 Å². The molecule has 0 aromatic rings. The number of carbonyl (C=O) groups excluding carboxylic acids is 2. The summed E-state index contributed by atoms with van der Waals surface area (Å²) >= 11 is 0. The minimum Gasteiger partial charge on any atom is -0.456 e. The highest BCUT2D eigenvalue weighted by atomic mass is 31.2. The molecule has 0 bridgehead atoms. The number of hydrogen-bond acceptors (Lipinski definition) is 6. The number of rotatable bonds is 52. The van der Waals surface area contributed by atoms with Crippen molar-refractivity contribution in [1.82, 2.24) is 5.32 Å². The maximum absolute atomic E-state index is 13.5. The summed E-state index contributed by atoms with van der Waals surface area (Å²) in [6, 6.07) is -0.861. The van der Waals surface area contributed by atoms with Gasteiger partial charge >= 0.3 is 13.8 Å². The van der Waals surface area contributed by atoms with Crippen molar-refractivity contribution in [3.05, 3.63) is 72.9 Å². The fourth-order valence-electron chi connectivity index (χ4n) is 8.05. The van der Waals surface area contributed by atoms with Gasteiger partial charge < -0.3 is 19.4 Å². The normalized spacial score (nSPS) is 14.3. The van der Waals surface area contributed by atoms with Crippen LogP contribution >= 0.6 is 7.82 Å². The van der Waals surface area contributed by atoms with Gasteiger partial charge in [-0.1, -0.05) is 216 Å². The van der Waals surface area contributed by atoms with Crippen LogP contribution in [0.5, 0.6) is 0 Å². The van der Waals surface area contributed by atoms with Gasteiger partial charge in [-0.2, -0.15) is 0 Å². The molecule has 0 aromatic heterocycles. The van der Waals surface area contributed by atoms with Crippen molar-refractivity contribution < 1.29 is 37.3 Å². The van der Waals surface area contributed by atoms with Crippen molar-refractivity contribution in [2.24, 2.45) is 0 Å². The third-order valence-corrected chi connectivity index (χ3v) is 13.6. The first-order chi connectivity index (χ1) is 34.4. The molecule has 3 unspecified atom stereocenters. The fourth-order valence-corrected chi connectivity index (χ4v) is 8.79. The lowest BCUT2D eigenvalue weighted by Crippen LogP contribution is -2.47. The Bertz CT molecular complexity index is 1450. The van der Waals surface area contributed by atoms with Crippen LogP contribution in [0.2, 0.25) is 0 Å². The van der Waals surface area contributed by atoms with E-state index >= 15 is 0 Å². The van der Waals surface area contributed by atoms with E-state index in [9.17, 15) is 19.0 Å². The third-order valence-electron chi connectivity index (χ3n) is 12.6. The van der Waals surface area contributed by atoms with Gasteiger partial charge in [0.1, 0.15) is 19.3 Å². The number of ether oxygens (including phenoxy) is 1. The number of nitrogens with zero attached hydrogens (tertiary/aromatic N) is 1. The van der Waals surface area contributed by atoms with Crippen molar-refractivity contribution in [3.63, 3.8) is 0 Å². The Labute approximate surface area is 438 Å². The third kappa shape index (κ3) is 52.1. The Morgan fingerprint density at radius 3 is 1.39 bits per heavy atom. The van der Waals surface area contributed by atoms with E-state index in [1.165, 1.54) is 109 Å². The number of allylic oxidation sites excluding steroid dienone is 11. The Hall–Kier alpha value is -2.55. The molecule has 71 heavy (non-hydrogen) atoms. The standard InChI is InChI=1S/C61H111N2O7P/c1-7-10-13-16-19-22-25-27-29-30-31-32-34-36-39-42-45-48-51-54-61(65)70-59(52-49-46-43-40-37-24-21-18-15-12-9-3)58(57-69-71(66,67)68-56-55-63(4,5)6)62-60(64)53-50-47-44-41-38-35-33-28-26-23-20-17-14-11-8-2/h19-20,22-23,26-29,31-32,49,52,58-59H,7-18,21,24-25,30,33-48,50-51,53-57H2,1-6H3,(H-,62,64,66,67)/p+1/b22-19-,23-20+,28-26+,29-27-,32-31-,52-49+. The minimum absolute atomic E-state index is 0.0330. The number of esters is 1. The largest absolute Gasteiger partial charge is 0.472 e. The number of phosphoric acid groups is 1. The van der Waals surface area contributed by atoms with E-state index in [1.807, 2.05) is 33.3 Å². The molecule has 412 valence electrons. The molecule has 0 radical (unpaired) electrons. The quantitative estimate of drug-likeness (QED) is 0.0156. The van der Waals surface area contributed by atoms with Crippen molar-refractivity contribution in [2.75, 3.05) is 40.9 Å². The maximum Gasteiger partial charge on any atom is 0.472 e. The molecule has 0 spiro atoms. The molecular formula is C61H112N2O7P+. The molecule has 0 saturated heterocycles. The Balaban J connectivity index is 5.33. The summed E-state index contributed by atoms with van der Waals surface area (Å²) in [5.41, 5.74) is 0. The zero-order valence-electron chi connectivity index (χ0n) is 47.0. The summed E-state index contributed by atoms with van der Waals surface area (Å²) in [4.78, 5) is 37.6. The predicted molar refractivity (Wildman–Crippen MR) is 305 cm³/mol. The van der Waals surface area contributed by atoms with E-state index in [-0.39, 0.29) is 31.5 Å². The first-order valence-electron chi connectivity index (χ1n) is 29.3. The number of likely N-dealkylation sites (N-methyl/N-ethyl adjacent to an activating group) is 1. The molecule has 0 heterocycles. The van der Waals surface area contributed by atoms with Gasteiger partial charge in [0.2, 0.25) is 5.91 Å². The molecular weight excluding hydrogens is 904 g/mol. The Kier molecular flexibility index (Phi) is 49.1. The average molecular weight is 1020 g/mol. The van der Waals surface area contributed by atoms with Crippen LogP contribution in [0.25, 0.3) is 0 Å². The highest BCUT2D eigenvalue weighted by Gasteiger charge is 2.30. The molecule has 0 fully saturated rings. The SMILES string of the molecule is CCCCC/C=C\C/C=C\C/C=C\CCCCCCCCC(=O)OC(/C=C/CCCCCCCCCCC)C(COP(=O)(O)OCC[N+](C)(C)C)NC(=O)CCCCCCCC/C=C/C=C/CCCCC. The van der Waals surface area contributed by atoms with E-state index in [1.54, 1.807) is 0 Å². The number of quaternary nitrogens is 1. The molecule has 0 aliphatic carbocycles. The topological polar surface area (TPSA) is 111 Å². The van der Waals surface area contributed by atoms with Crippen LogP contribution in [0.1, 0.15) is 252 Å². The second-order valence-electron chi connectivity index (χ2n) is 20.8. The number of unbranched alkanes of at least 4 members (excludes halogenated alkanes) is 27. The summed E-state index contributed by atoms with van der Waals surface area (Å²) in [6.45, 7) is 6.92. The molecule has 9 nitrogen and oxygen atoms in total. The molecule has 0 aliphatic rings. The Morgan fingerprint density at radius 2 is 0.901 bits per heavy atom. The zero-order valence-corrected chi connectivity index (χ0v) is 47.8. The summed E-state index contributed by atoms with van der Waals surface area (Å²) < 4.78 is 30.6. The summed E-state index contributed by atoms with van der Waals surface area (Å²) in [7, 11) is 1.47. The first-order valence-corrected chi connectivity index (χ1v) is 30.8. The second-order valence-corrected chi connectivity index (χ2v) is 22.3. The summed E-state index contributed by atoms with van der Waals surface area (Å²) in [5, 5.41) is 3.04. The van der Waals surface area contributed by atoms with Crippen LogP contribution in [0.3, 0.4) is 0 Å². The van der Waals surface area contributed by atoms with E-state index in [2.05, 4.69) is 86.8 Å². The Morgan fingerprint density at radius 1 is 0.507 bits per heavy atom. The lowest BCUT2D eigenvalue weighted by molar-refractivity contribution is -0.870. The van der Waals surface area contributed by atoms with E-state index in [0.29, 0.717) is 17.4 Å². The highest BCUT2D eigenvalue weighted by molar-refractivity contribution is 7.47. The number of amides is 1. The maximum atomic E-state index is 13.5. The van der Waals surface area contributed by atoms with Gasteiger partial charge in [0.25, 0.3) is 0 Å². The second kappa shape index (κ2) is 51.0. The van der Waals surface area contributed by atoms with Crippen molar-refractivity contribution in [1.29, 1.82) is 0 Å². The monoisotopic (exact) mass is 1020 g/mol. The molecule has 10 heteroatoms. The van der Waals surface area contributed by atoms with Gasteiger partial charge in [-0.3, -0.25) is 18.6 Å². The van der Waals surface area contributed by atoms with E-state index in [4.69, 9.17) is 13.8 Å². The molecule has 0 rings (SSSR count). The molecule has 0 aliphatic heterocycles. The highest BCUT2D eigenvalue weighted by Crippen LogP contribution is 2.43. The van der Waals surface area contributed by atoms with Crippen molar-refractivity contribution >= 4 is 19.7 Å². The summed E-state index contributed by atoms with van der Waals surface area (Å²) in [5.74, 6) is -0.535. The fraction of sp³-hybridized carbons (Fsp3) is 0.770. The smallest absolute Gasteiger partial charge is 0.456 e. The molecule has 0 aromatic carbocycles. The van der Waals surface area contributed by atoms with Crippen molar-refractivity contribution in [3.8, 4) is 0 Å². The van der Waals surface area contributed by atoms with Gasteiger partial charge in [0.15, 0.2) is 0 Å². The van der Waals surface area contributed by atoms with Crippen LogP contribution in [-0.4, -0.2) is 74.3 Å². The number of hydrogen-bond donors (Lipinski definition) is 2. The first kappa shape index (κ1) is 68.5.